The van der Waals surface area contributed by atoms with Gasteiger partial charge in [-0.3, -0.25) is 9.69 Å². The molecule has 3 aromatic rings. The van der Waals surface area contributed by atoms with Crippen molar-refractivity contribution in [3.63, 3.8) is 0 Å². The third kappa shape index (κ3) is 5.45. The van der Waals surface area contributed by atoms with Gasteiger partial charge in [-0.05, 0) is 62.1 Å². The molecular formula is C24H24N4NaO4. The molecule has 2 aromatic carbocycles. The van der Waals surface area contributed by atoms with Crippen LogP contribution in [0.15, 0.2) is 34.9 Å². The largest absolute Gasteiger partial charge is 0.490 e. The molecule has 0 atom stereocenters. The predicted octanol–water partition coefficient (Wildman–Crippen LogP) is 3.43. The average molecular weight is 455 g/mol. The van der Waals surface area contributed by atoms with Gasteiger partial charge in [0, 0.05) is 53.8 Å². The van der Waals surface area contributed by atoms with Crippen molar-refractivity contribution >= 4 is 35.5 Å². The van der Waals surface area contributed by atoms with Crippen LogP contribution < -0.4 is 4.74 Å². The smallest absolute Gasteiger partial charge is 0.317 e. The summed E-state index contributed by atoms with van der Waals surface area (Å²) in [4.78, 5) is 17.5. The molecule has 9 heteroatoms. The molecule has 0 saturated carbocycles. The third-order valence-corrected chi connectivity index (χ3v) is 5.50. The summed E-state index contributed by atoms with van der Waals surface area (Å²) in [6.45, 7) is 7.20. The van der Waals surface area contributed by atoms with E-state index < -0.39 is 5.97 Å². The number of carboxylic acid groups (broad SMARTS) is 1. The molecule has 1 aliphatic rings. The Kier molecular flexibility index (Phi) is 7.92. The van der Waals surface area contributed by atoms with Crippen LogP contribution in [0.5, 0.6) is 5.75 Å². The van der Waals surface area contributed by atoms with Crippen molar-refractivity contribution < 1.29 is 19.2 Å². The first-order chi connectivity index (χ1) is 15.4. The van der Waals surface area contributed by atoms with Crippen LogP contribution >= 0.6 is 0 Å². The first-order valence-corrected chi connectivity index (χ1v) is 10.5. The van der Waals surface area contributed by atoms with E-state index in [9.17, 15) is 10.1 Å². The zero-order valence-electron chi connectivity index (χ0n) is 19.3. The SMILES string of the molecule is Cc1c(-c2noc(-c3ccc(OC(C)C)c(C#N)c3)n2)ccc2c1CCN(CC(=O)O)C2.[Na]. The molecule has 165 valence electrons. The molecule has 0 spiro atoms. The van der Waals surface area contributed by atoms with Gasteiger partial charge in [0.05, 0.1) is 18.2 Å². The Morgan fingerprint density at radius 3 is 2.82 bits per heavy atom. The van der Waals surface area contributed by atoms with Crippen molar-refractivity contribution in [2.75, 3.05) is 13.1 Å². The fourth-order valence-electron chi connectivity index (χ4n) is 4.02. The Balaban J connectivity index is 0.00000306. The van der Waals surface area contributed by atoms with E-state index >= 15 is 0 Å². The number of benzene rings is 2. The molecule has 1 aromatic heterocycles. The van der Waals surface area contributed by atoms with E-state index in [-0.39, 0.29) is 42.2 Å². The Hall–Kier alpha value is -2.70. The van der Waals surface area contributed by atoms with Crippen molar-refractivity contribution in [3.05, 3.63) is 52.6 Å². The molecule has 4 rings (SSSR count). The average Bonchev–Trinajstić information content (AvgIpc) is 3.23. The summed E-state index contributed by atoms with van der Waals surface area (Å²) in [5.41, 5.74) is 5.34. The number of nitrogens with zero attached hydrogens (tertiary/aromatic N) is 4. The summed E-state index contributed by atoms with van der Waals surface area (Å²) in [5, 5.41) is 22.7. The van der Waals surface area contributed by atoms with Gasteiger partial charge in [-0.1, -0.05) is 17.3 Å². The molecule has 0 aliphatic carbocycles. The third-order valence-electron chi connectivity index (χ3n) is 5.50. The van der Waals surface area contributed by atoms with Crippen LogP contribution in [-0.2, 0) is 17.8 Å². The van der Waals surface area contributed by atoms with Crippen LogP contribution in [0.1, 0.15) is 36.1 Å². The van der Waals surface area contributed by atoms with E-state index in [2.05, 4.69) is 16.2 Å². The Bertz CT molecular complexity index is 1220. The first kappa shape index (κ1) is 24.9. The molecule has 0 bridgehead atoms. The summed E-state index contributed by atoms with van der Waals surface area (Å²) in [6, 6.07) is 11.3. The number of nitriles is 1. The second kappa shape index (κ2) is 10.5. The summed E-state index contributed by atoms with van der Waals surface area (Å²) >= 11 is 0. The predicted molar refractivity (Wildman–Crippen MR) is 123 cm³/mol. The minimum atomic E-state index is -0.815. The normalized spacial score (nSPS) is 13.2. The molecular weight excluding hydrogens is 431 g/mol. The number of rotatable bonds is 6. The van der Waals surface area contributed by atoms with Crippen LogP contribution in [0.3, 0.4) is 0 Å². The van der Waals surface area contributed by atoms with Gasteiger partial charge in [0.15, 0.2) is 0 Å². The van der Waals surface area contributed by atoms with Crippen LogP contribution in [0.2, 0.25) is 0 Å². The van der Waals surface area contributed by atoms with E-state index in [0.717, 1.165) is 23.1 Å². The molecule has 8 nitrogen and oxygen atoms in total. The number of carboxylic acids is 1. The summed E-state index contributed by atoms with van der Waals surface area (Å²) < 4.78 is 11.2. The molecule has 0 amide bonds. The molecule has 33 heavy (non-hydrogen) atoms. The van der Waals surface area contributed by atoms with Crippen molar-refractivity contribution in [1.29, 1.82) is 5.26 Å². The summed E-state index contributed by atoms with van der Waals surface area (Å²) in [6.07, 6.45) is 0.738. The van der Waals surface area contributed by atoms with Crippen molar-refractivity contribution in [2.24, 2.45) is 0 Å². The number of fused-ring (bicyclic) bond motifs is 1. The van der Waals surface area contributed by atoms with Gasteiger partial charge in [-0.15, -0.1) is 0 Å². The maximum absolute atomic E-state index is 11.0. The zero-order valence-corrected chi connectivity index (χ0v) is 21.3. The number of aromatic nitrogens is 2. The quantitative estimate of drug-likeness (QED) is 0.563. The maximum Gasteiger partial charge on any atom is 0.317 e. The molecule has 0 unspecified atom stereocenters. The Labute approximate surface area is 214 Å². The second-order valence-electron chi connectivity index (χ2n) is 8.14. The molecule has 1 aliphatic heterocycles. The van der Waals surface area contributed by atoms with Gasteiger partial charge in [-0.25, -0.2) is 0 Å². The number of ether oxygens (including phenoxy) is 1. The summed E-state index contributed by atoms with van der Waals surface area (Å²) in [5.74, 6) is 0.518. The maximum atomic E-state index is 11.0. The minimum absolute atomic E-state index is 0. The molecule has 0 saturated heterocycles. The van der Waals surface area contributed by atoms with Crippen molar-refractivity contribution in [1.82, 2.24) is 15.0 Å². The van der Waals surface area contributed by atoms with E-state index in [4.69, 9.17) is 14.4 Å². The van der Waals surface area contributed by atoms with Crippen molar-refractivity contribution in [2.45, 2.75) is 39.8 Å². The van der Waals surface area contributed by atoms with Gasteiger partial charge in [-0.2, -0.15) is 10.2 Å². The Morgan fingerprint density at radius 1 is 1.33 bits per heavy atom. The zero-order chi connectivity index (χ0) is 22.8. The van der Waals surface area contributed by atoms with Gasteiger partial charge in [0.2, 0.25) is 5.82 Å². The van der Waals surface area contributed by atoms with E-state index in [0.29, 0.717) is 41.7 Å². The standard InChI is InChI=1S/C24H24N4O4.Na/c1-14(2)31-21-7-5-16(10-18(21)11-25)24-26-23(27-32-24)20-6-4-17-12-28(13-22(29)30)9-8-19(17)15(20)3;/h4-7,10,14H,8-9,12-13H2,1-3H3,(H,29,30);. The van der Waals surface area contributed by atoms with Gasteiger partial charge >= 0.3 is 5.97 Å². The van der Waals surface area contributed by atoms with Gasteiger partial charge < -0.3 is 14.4 Å². The molecule has 0 fully saturated rings. The van der Waals surface area contributed by atoms with Crippen LogP contribution in [0.25, 0.3) is 22.8 Å². The van der Waals surface area contributed by atoms with E-state index in [1.54, 1.807) is 18.2 Å². The van der Waals surface area contributed by atoms with E-state index in [1.165, 1.54) is 5.56 Å². The van der Waals surface area contributed by atoms with Crippen LogP contribution in [0, 0.1) is 18.3 Å². The van der Waals surface area contributed by atoms with Crippen LogP contribution in [0.4, 0.5) is 0 Å². The topological polar surface area (TPSA) is 112 Å². The Morgan fingerprint density at radius 2 is 2.12 bits per heavy atom. The van der Waals surface area contributed by atoms with Gasteiger partial charge in [0.25, 0.3) is 5.89 Å². The minimum Gasteiger partial charge on any atom is -0.490 e. The van der Waals surface area contributed by atoms with Crippen LogP contribution in [-0.4, -0.2) is 74.9 Å². The second-order valence-corrected chi connectivity index (χ2v) is 8.14. The fourth-order valence-corrected chi connectivity index (χ4v) is 4.02. The number of hydrogen-bond donors (Lipinski definition) is 1. The first-order valence-electron chi connectivity index (χ1n) is 10.5. The molecule has 1 radical (unpaired) electrons. The van der Waals surface area contributed by atoms with E-state index in [1.807, 2.05) is 37.8 Å². The molecule has 1 N–H and O–H groups in total. The molecule has 2 heterocycles. The summed E-state index contributed by atoms with van der Waals surface area (Å²) in [7, 11) is 0. The fraction of sp³-hybridized carbons (Fsp3) is 0.333. The van der Waals surface area contributed by atoms with Crippen molar-refractivity contribution in [3.8, 4) is 34.7 Å². The number of carbonyl (C=O) groups is 1. The number of aliphatic carboxylic acids is 1. The monoisotopic (exact) mass is 455 g/mol. The van der Waals surface area contributed by atoms with Gasteiger partial charge in [0.1, 0.15) is 11.8 Å². The number of hydrogen-bond acceptors (Lipinski definition) is 7.